The second kappa shape index (κ2) is 10.4. The molecule has 1 heterocycles. The van der Waals surface area contributed by atoms with Crippen molar-refractivity contribution in [3.63, 3.8) is 0 Å². The lowest BCUT2D eigenvalue weighted by atomic mass is 10.1. The van der Waals surface area contributed by atoms with E-state index in [2.05, 4.69) is 10.2 Å². The topological polar surface area (TPSA) is 71.0 Å². The van der Waals surface area contributed by atoms with Gasteiger partial charge in [-0.25, -0.2) is 0 Å². The maximum absolute atomic E-state index is 12.0. The Kier molecular flexibility index (Phi) is 7.68. The molecule has 1 saturated heterocycles. The number of aliphatic hydroxyl groups is 1. The first-order valence-corrected chi connectivity index (χ1v) is 9.74. The van der Waals surface area contributed by atoms with Crippen LogP contribution in [0.5, 0.6) is 5.75 Å². The van der Waals surface area contributed by atoms with E-state index >= 15 is 0 Å². The third-order valence-electron chi connectivity index (χ3n) is 4.59. The first kappa shape index (κ1) is 20.6. The van der Waals surface area contributed by atoms with Crippen LogP contribution in [0, 0.1) is 0 Å². The third-order valence-corrected chi connectivity index (χ3v) is 4.84. The zero-order valence-electron chi connectivity index (χ0n) is 15.6. The summed E-state index contributed by atoms with van der Waals surface area (Å²) < 4.78 is 10.8. The van der Waals surface area contributed by atoms with Gasteiger partial charge >= 0.3 is 0 Å². The van der Waals surface area contributed by atoms with Gasteiger partial charge in [0.2, 0.25) is 0 Å². The quantitative estimate of drug-likeness (QED) is 0.707. The summed E-state index contributed by atoms with van der Waals surface area (Å²) in [4.78, 5) is 14.3. The lowest BCUT2D eigenvalue weighted by Gasteiger charge is -2.27. The van der Waals surface area contributed by atoms with Gasteiger partial charge in [-0.05, 0) is 48.4 Å². The van der Waals surface area contributed by atoms with Crippen molar-refractivity contribution in [3.8, 4) is 5.75 Å². The predicted molar refractivity (Wildman–Crippen MR) is 109 cm³/mol. The zero-order chi connectivity index (χ0) is 19.8. The average molecular weight is 405 g/mol. The van der Waals surface area contributed by atoms with Crippen molar-refractivity contribution >= 4 is 23.2 Å². The second-order valence-corrected chi connectivity index (χ2v) is 7.11. The fourth-order valence-electron chi connectivity index (χ4n) is 2.96. The maximum Gasteiger partial charge on any atom is 0.262 e. The minimum absolute atomic E-state index is 0.0917. The van der Waals surface area contributed by atoms with Crippen molar-refractivity contribution < 1.29 is 19.4 Å². The Morgan fingerprint density at radius 1 is 1.14 bits per heavy atom. The van der Waals surface area contributed by atoms with Gasteiger partial charge in [0.05, 0.1) is 19.3 Å². The smallest absolute Gasteiger partial charge is 0.262 e. The molecule has 0 aromatic heterocycles. The zero-order valence-corrected chi connectivity index (χ0v) is 16.4. The highest BCUT2D eigenvalue weighted by molar-refractivity contribution is 6.30. The molecule has 0 bridgehead atoms. The molecule has 7 heteroatoms. The fourth-order valence-corrected chi connectivity index (χ4v) is 3.09. The van der Waals surface area contributed by atoms with Crippen LogP contribution in [-0.2, 0) is 9.53 Å². The Morgan fingerprint density at radius 3 is 2.50 bits per heavy atom. The Labute approximate surface area is 170 Å². The van der Waals surface area contributed by atoms with Crippen LogP contribution in [0.4, 0.5) is 5.69 Å². The number of ether oxygens (including phenoxy) is 2. The molecule has 1 unspecified atom stereocenters. The van der Waals surface area contributed by atoms with Gasteiger partial charge in [0.1, 0.15) is 5.75 Å². The van der Waals surface area contributed by atoms with Crippen molar-refractivity contribution in [2.24, 2.45) is 0 Å². The first-order valence-electron chi connectivity index (χ1n) is 9.36. The lowest BCUT2D eigenvalue weighted by Crippen LogP contribution is -2.37. The number of halogens is 1. The van der Waals surface area contributed by atoms with E-state index < -0.39 is 6.10 Å². The van der Waals surface area contributed by atoms with Gasteiger partial charge in [0.15, 0.2) is 6.61 Å². The van der Waals surface area contributed by atoms with E-state index in [0.29, 0.717) is 22.9 Å². The molecular weight excluding hydrogens is 380 g/mol. The summed E-state index contributed by atoms with van der Waals surface area (Å²) in [6.45, 7) is 4.08. The van der Waals surface area contributed by atoms with E-state index in [4.69, 9.17) is 21.1 Å². The number of hydrogen-bond donors (Lipinski definition) is 2. The van der Waals surface area contributed by atoms with E-state index in [1.54, 1.807) is 36.4 Å². The van der Waals surface area contributed by atoms with Crippen LogP contribution in [0.1, 0.15) is 18.1 Å². The molecule has 1 aliphatic rings. The molecule has 6 nitrogen and oxygen atoms in total. The maximum atomic E-state index is 12.0. The number of carbonyl (C=O) groups excluding carboxylic acids is 1. The summed E-state index contributed by atoms with van der Waals surface area (Å²) in [5.74, 6) is 0.328. The predicted octanol–water partition coefficient (Wildman–Crippen LogP) is 3.11. The second-order valence-electron chi connectivity index (χ2n) is 6.67. The summed E-state index contributed by atoms with van der Waals surface area (Å²) in [5, 5.41) is 13.8. The van der Waals surface area contributed by atoms with Crippen LogP contribution in [-0.4, -0.2) is 55.4 Å². The summed E-state index contributed by atoms with van der Waals surface area (Å²) >= 11 is 5.82. The SMILES string of the molecule is O=C(COc1ccc(Cl)cc1)Nc1ccc(C(O)CCN2CCOCC2)cc1. The molecule has 1 fully saturated rings. The number of amides is 1. The highest BCUT2D eigenvalue weighted by Gasteiger charge is 2.14. The normalized spacial score (nSPS) is 15.8. The van der Waals surface area contributed by atoms with Gasteiger partial charge in [-0.3, -0.25) is 9.69 Å². The van der Waals surface area contributed by atoms with Crippen molar-refractivity contribution in [1.29, 1.82) is 0 Å². The molecule has 2 aromatic carbocycles. The highest BCUT2D eigenvalue weighted by atomic mass is 35.5. The number of carbonyl (C=O) groups is 1. The molecule has 1 atom stereocenters. The molecule has 0 radical (unpaired) electrons. The van der Waals surface area contributed by atoms with Gasteiger partial charge in [0.25, 0.3) is 5.91 Å². The average Bonchev–Trinajstić information content (AvgIpc) is 2.73. The Hall–Kier alpha value is -2.12. The summed E-state index contributed by atoms with van der Waals surface area (Å²) in [6.07, 6.45) is 0.140. The van der Waals surface area contributed by atoms with Crippen LogP contribution >= 0.6 is 11.6 Å². The molecule has 3 rings (SSSR count). The number of aliphatic hydroxyl groups excluding tert-OH is 1. The molecule has 0 aliphatic carbocycles. The van der Waals surface area contributed by atoms with Gasteiger partial charge in [-0.1, -0.05) is 23.7 Å². The molecule has 2 N–H and O–H groups in total. The molecule has 0 spiro atoms. The summed E-state index contributed by atoms with van der Waals surface area (Å²) in [6, 6.07) is 14.1. The Bertz CT molecular complexity index is 746. The molecule has 1 amide bonds. The van der Waals surface area contributed by atoms with Crippen LogP contribution in [0.3, 0.4) is 0 Å². The largest absolute Gasteiger partial charge is 0.484 e. The number of benzene rings is 2. The third kappa shape index (κ3) is 6.49. The first-order chi connectivity index (χ1) is 13.6. The van der Waals surface area contributed by atoms with Crippen molar-refractivity contribution in [3.05, 3.63) is 59.1 Å². The minimum Gasteiger partial charge on any atom is -0.484 e. The van der Waals surface area contributed by atoms with Crippen molar-refractivity contribution in [2.45, 2.75) is 12.5 Å². The number of anilines is 1. The van der Waals surface area contributed by atoms with Gasteiger partial charge in [-0.15, -0.1) is 0 Å². The van der Waals surface area contributed by atoms with Crippen LogP contribution in [0.15, 0.2) is 48.5 Å². The number of hydrogen-bond acceptors (Lipinski definition) is 5. The van der Waals surface area contributed by atoms with Crippen LogP contribution in [0.2, 0.25) is 5.02 Å². The standard InChI is InChI=1S/C21H25ClN2O4/c22-17-3-7-19(8-4-17)28-15-21(26)23-18-5-1-16(2-6-18)20(25)9-10-24-11-13-27-14-12-24/h1-8,20,25H,9-15H2,(H,23,26). The monoisotopic (exact) mass is 404 g/mol. The van der Waals surface area contributed by atoms with Gasteiger partial charge < -0.3 is 19.9 Å². The fraction of sp³-hybridized carbons (Fsp3) is 0.381. The Balaban J connectivity index is 1.42. The van der Waals surface area contributed by atoms with Gasteiger partial charge in [0, 0.05) is 30.3 Å². The van der Waals surface area contributed by atoms with Crippen molar-refractivity contribution in [1.82, 2.24) is 4.90 Å². The lowest BCUT2D eigenvalue weighted by molar-refractivity contribution is -0.118. The van der Waals surface area contributed by atoms with Crippen molar-refractivity contribution in [2.75, 3.05) is 44.8 Å². The molecule has 1 aliphatic heterocycles. The number of morpholine rings is 1. The molecule has 2 aromatic rings. The summed E-state index contributed by atoms with van der Waals surface area (Å²) in [5.41, 5.74) is 1.50. The van der Waals surface area contributed by atoms with Crippen LogP contribution in [0.25, 0.3) is 0 Å². The molecular formula is C21H25ClN2O4. The number of nitrogens with one attached hydrogen (secondary N) is 1. The molecule has 28 heavy (non-hydrogen) atoms. The van der Waals surface area contributed by atoms with Gasteiger partial charge in [-0.2, -0.15) is 0 Å². The number of nitrogens with zero attached hydrogens (tertiary/aromatic N) is 1. The number of rotatable bonds is 8. The highest BCUT2D eigenvalue weighted by Crippen LogP contribution is 2.20. The van der Waals surface area contributed by atoms with E-state index in [0.717, 1.165) is 38.4 Å². The summed E-state index contributed by atoms with van der Waals surface area (Å²) in [7, 11) is 0. The minimum atomic E-state index is -0.527. The van der Waals surface area contributed by atoms with Crippen LogP contribution < -0.4 is 10.1 Å². The van der Waals surface area contributed by atoms with E-state index in [1.165, 1.54) is 0 Å². The van der Waals surface area contributed by atoms with E-state index in [1.807, 2.05) is 12.1 Å². The van der Waals surface area contributed by atoms with E-state index in [-0.39, 0.29) is 12.5 Å². The van der Waals surface area contributed by atoms with E-state index in [9.17, 15) is 9.90 Å². The Morgan fingerprint density at radius 2 is 1.82 bits per heavy atom. The molecule has 150 valence electrons. The molecule has 0 saturated carbocycles.